The van der Waals surface area contributed by atoms with E-state index in [1.807, 2.05) is 13.8 Å². The summed E-state index contributed by atoms with van der Waals surface area (Å²) in [4.78, 5) is 27.7. The molecule has 0 fully saturated rings. The molecular formula is C10H13NO2S. The standard InChI is InChI=1S/C10H13NO2S/c1-4-8(12)5-9(13)10-11-6(2)7(3)14-10/h4-5H2,1-3H3. The van der Waals surface area contributed by atoms with Crippen LogP contribution < -0.4 is 0 Å². The van der Waals surface area contributed by atoms with Crippen LogP contribution in [0.15, 0.2) is 0 Å². The smallest absolute Gasteiger partial charge is 0.198 e. The van der Waals surface area contributed by atoms with Gasteiger partial charge in [0.1, 0.15) is 5.78 Å². The second-order valence-electron chi connectivity index (χ2n) is 3.15. The molecule has 0 aliphatic carbocycles. The molecule has 1 aromatic rings. The monoisotopic (exact) mass is 211 g/mol. The average Bonchev–Trinajstić information content (AvgIpc) is 2.47. The maximum Gasteiger partial charge on any atom is 0.198 e. The second-order valence-corrected chi connectivity index (χ2v) is 4.36. The second kappa shape index (κ2) is 4.46. The van der Waals surface area contributed by atoms with Crippen LogP contribution in [0.1, 0.15) is 40.1 Å². The van der Waals surface area contributed by atoms with Crippen LogP contribution in [0.5, 0.6) is 0 Å². The Morgan fingerprint density at radius 3 is 2.43 bits per heavy atom. The molecule has 0 atom stereocenters. The van der Waals surface area contributed by atoms with E-state index >= 15 is 0 Å². The maximum atomic E-state index is 11.5. The Morgan fingerprint density at radius 2 is 2.00 bits per heavy atom. The normalized spacial score (nSPS) is 10.2. The van der Waals surface area contributed by atoms with Crippen molar-refractivity contribution in [3.8, 4) is 0 Å². The molecule has 1 aromatic heterocycles. The minimum Gasteiger partial charge on any atom is -0.299 e. The molecule has 0 aliphatic heterocycles. The third kappa shape index (κ3) is 2.48. The molecule has 0 bridgehead atoms. The lowest BCUT2D eigenvalue weighted by Crippen LogP contribution is -2.06. The lowest BCUT2D eigenvalue weighted by molar-refractivity contribution is -0.117. The number of Topliss-reactive ketones (excluding diaryl/α,β-unsaturated/α-hetero) is 2. The number of aryl methyl sites for hydroxylation is 2. The van der Waals surface area contributed by atoms with Gasteiger partial charge in [0, 0.05) is 11.3 Å². The minimum atomic E-state index is -0.155. The lowest BCUT2D eigenvalue weighted by atomic mass is 10.2. The van der Waals surface area contributed by atoms with Crippen molar-refractivity contribution in [3.63, 3.8) is 0 Å². The Morgan fingerprint density at radius 1 is 1.36 bits per heavy atom. The minimum absolute atomic E-state index is 0.0110. The van der Waals surface area contributed by atoms with Crippen molar-refractivity contribution in [1.82, 2.24) is 4.98 Å². The van der Waals surface area contributed by atoms with Gasteiger partial charge in [-0.25, -0.2) is 4.98 Å². The van der Waals surface area contributed by atoms with Gasteiger partial charge >= 0.3 is 0 Å². The van der Waals surface area contributed by atoms with E-state index in [-0.39, 0.29) is 18.0 Å². The zero-order valence-electron chi connectivity index (χ0n) is 8.59. The van der Waals surface area contributed by atoms with Crippen molar-refractivity contribution in [2.24, 2.45) is 0 Å². The summed E-state index contributed by atoms with van der Waals surface area (Å²) in [6.45, 7) is 5.55. The van der Waals surface area contributed by atoms with Gasteiger partial charge in [0.25, 0.3) is 0 Å². The summed E-state index contributed by atoms with van der Waals surface area (Å²) in [6, 6.07) is 0. The van der Waals surface area contributed by atoms with E-state index in [9.17, 15) is 9.59 Å². The molecule has 4 heteroatoms. The Kier molecular flexibility index (Phi) is 3.52. The number of thiazole rings is 1. The SMILES string of the molecule is CCC(=O)CC(=O)c1nc(C)c(C)s1. The molecule has 1 rings (SSSR count). The van der Waals surface area contributed by atoms with E-state index in [0.717, 1.165) is 10.6 Å². The van der Waals surface area contributed by atoms with Gasteiger partial charge in [0.05, 0.1) is 12.1 Å². The average molecular weight is 211 g/mol. The van der Waals surface area contributed by atoms with Gasteiger partial charge in [-0.2, -0.15) is 0 Å². The number of nitrogens with zero attached hydrogens (tertiary/aromatic N) is 1. The number of hydrogen-bond acceptors (Lipinski definition) is 4. The number of carbonyl (C=O) groups excluding carboxylic acids is 2. The third-order valence-corrected chi connectivity index (χ3v) is 3.13. The molecule has 1 heterocycles. The molecule has 14 heavy (non-hydrogen) atoms. The summed E-state index contributed by atoms with van der Waals surface area (Å²) in [7, 11) is 0. The van der Waals surface area contributed by atoms with Crippen molar-refractivity contribution < 1.29 is 9.59 Å². The van der Waals surface area contributed by atoms with Crippen LogP contribution in [0.3, 0.4) is 0 Å². The van der Waals surface area contributed by atoms with Gasteiger partial charge in [-0.05, 0) is 13.8 Å². The van der Waals surface area contributed by atoms with Crippen LogP contribution in [0.25, 0.3) is 0 Å². The highest BCUT2D eigenvalue weighted by Crippen LogP contribution is 2.17. The summed E-state index contributed by atoms with van der Waals surface area (Å²) in [5.74, 6) is -0.182. The number of hydrogen-bond donors (Lipinski definition) is 0. The molecule has 76 valence electrons. The van der Waals surface area contributed by atoms with Gasteiger partial charge in [-0.3, -0.25) is 9.59 Å². The molecule has 0 N–H and O–H groups in total. The first-order chi connectivity index (χ1) is 6.54. The van der Waals surface area contributed by atoms with E-state index in [0.29, 0.717) is 11.4 Å². The largest absolute Gasteiger partial charge is 0.299 e. The van der Waals surface area contributed by atoms with Crippen LogP contribution in [-0.2, 0) is 4.79 Å². The van der Waals surface area contributed by atoms with Gasteiger partial charge in [0.15, 0.2) is 10.8 Å². The number of rotatable bonds is 4. The molecule has 3 nitrogen and oxygen atoms in total. The maximum absolute atomic E-state index is 11.5. The van der Waals surface area contributed by atoms with Crippen LogP contribution in [0, 0.1) is 13.8 Å². The zero-order valence-corrected chi connectivity index (χ0v) is 9.40. The first-order valence-electron chi connectivity index (χ1n) is 4.53. The summed E-state index contributed by atoms with van der Waals surface area (Å²) in [5.41, 5.74) is 0.877. The highest BCUT2D eigenvalue weighted by Gasteiger charge is 2.14. The molecule has 0 saturated heterocycles. The number of ketones is 2. The summed E-state index contributed by atoms with van der Waals surface area (Å²) in [5, 5.41) is 0.460. The predicted octanol–water partition coefficient (Wildman–Crippen LogP) is 2.31. The van der Waals surface area contributed by atoms with E-state index in [2.05, 4.69) is 4.98 Å². The van der Waals surface area contributed by atoms with E-state index in [4.69, 9.17) is 0 Å². The molecule has 0 aromatic carbocycles. The summed E-state index contributed by atoms with van der Waals surface area (Å²) < 4.78 is 0. The summed E-state index contributed by atoms with van der Waals surface area (Å²) in [6.07, 6.45) is 0.401. The zero-order chi connectivity index (χ0) is 10.7. The van der Waals surface area contributed by atoms with E-state index in [1.165, 1.54) is 11.3 Å². The first kappa shape index (κ1) is 11.0. The Labute approximate surface area is 87.2 Å². The van der Waals surface area contributed by atoms with Crippen LogP contribution >= 0.6 is 11.3 Å². The topological polar surface area (TPSA) is 47.0 Å². The quantitative estimate of drug-likeness (QED) is 0.567. The van der Waals surface area contributed by atoms with Crippen molar-refractivity contribution >= 4 is 22.9 Å². The van der Waals surface area contributed by atoms with E-state index in [1.54, 1.807) is 6.92 Å². The predicted molar refractivity (Wildman–Crippen MR) is 55.8 cm³/mol. The Bertz CT molecular complexity index is 349. The van der Waals surface area contributed by atoms with Crippen LogP contribution in [0.2, 0.25) is 0 Å². The summed E-state index contributed by atoms with van der Waals surface area (Å²) >= 11 is 1.36. The van der Waals surface area contributed by atoms with Gasteiger partial charge < -0.3 is 0 Å². The van der Waals surface area contributed by atoms with E-state index < -0.39 is 0 Å². The molecule has 0 spiro atoms. The fourth-order valence-electron chi connectivity index (χ4n) is 0.972. The fraction of sp³-hybridized carbons (Fsp3) is 0.500. The molecular weight excluding hydrogens is 198 g/mol. The van der Waals surface area contributed by atoms with Gasteiger partial charge in [0.2, 0.25) is 0 Å². The Balaban J connectivity index is 2.75. The molecule has 0 unspecified atom stereocenters. The van der Waals surface area contributed by atoms with Crippen molar-refractivity contribution in [2.75, 3.05) is 0 Å². The number of carbonyl (C=O) groups is 2. The number of aromatic nitrogens is 1. The van der Waals surface area contributed by atoms with Gasteiger partial charge in [-0.1, -0.05) is 6.92 Å². The highest BCUT2D eigenvalue weighted by atomic mass is 32.1. The van der Waals surface area contributed by atoms with Gasteiger partial charge in [-0.15, -0.1) is 11.3 Å². The fourth-order valence-corrected chi connectivity index (χ4v) is 1.82. The van der Waals surface area contributed by atoms with Crippen molar-refractivity contribution in [1.29, 1.82) is 0 Å². The van der Waals surface area contributed by atoms with Crippen molar-refractivity contribution in [3.05, 3.63) is 15.6 Å². The molecule has 0 aliphatic rings. The molecule has 0 radical (unpaired) electrons. The molecule has 0 saturated carbocycles. The van der Waals surface area contributed by atoms with Crippen LogP contribution in [-0.4, -0.2) is 16.6 Å². The van der Waals surface area contributed by atoms with Crippen molar-refractivity contribution in [2.45, 2.75) is 33.6 Å². The van der Waals surface area contributed by atoms with Crippen LogP contribution in [0.4, 0.5) is 0 Å². The lowest BCUT2D eigenvalue weighted by Gasteiger charge is -1.93. The Hall–Kier alpha value is -1.03. The third-order valence-electron chi connectivity index (χ3n) is 2.02. The first-order valence-corrected chi connectivity index (χ1v) is 5.35. The molecule has 0 amide bonds. The highest BCUT2D eigenvalue weighted by molar-refractivity contribution is 7.13.